The average molecular weight is 278 g/mol. The van der Waals surface area contributed by atoms with E-state index >= 15 is 0 Å². The lowest BCUT2D eigenvalue weighted by Gasteiger charge is -2.12. The maximum atomic E-state index is 12.0. The van der Waals surface area contributed by atoms with E-state index in [0.717, 1.165) is 4.90 Å². The number of ether oxygens (including phenoxy) is 1. The van der Waals surface area contributed by atoms with Crippen molar-refractivity contribution < 1.29 is 24.2 Å². The molecular weight excluding hydrogens is 264 g/mol. The smallest absolute Gasteiger partial charge is 0.255 e. The Morgan fingerprint density at radius 1 is 1.45 bits per heavy atom. The fourth-order valence-electron chi connectivity index (χ4n) is 1.93. The van der Waals surface area contributed by atoms with Gasteiger partial charge in [-0.3, -0.25) is 19.3 Å². The van der Waals surface area contributed by atoms with Crippen molar-refractivity contribution in [3.8, 4) is 11.5 Å². The normalized spacial score (nSPS) is 18.3. The first-order chi connectivity index (χ1) is 9.43. The number of amides is 3. The van der Waals surface area contributed by atoms with E-state index < -0.39 is 17.9 Å². The van der Waals surface area contributed by atoms with Crippen molar-refractivity contribution in [1.29, 1.82) is 0 Å². The summed E-state index contributed by atoms with van der Waals surface area (Å²) >= 11 is 0. The number of hydrogen-bond acceptors (Lipinski definition) is 5. The van der Waals surface area contributed by atoms with Gasteiger partial charge in [0.25, 0.3) is 11.8 Å². The minimum absolute atomic E-state index is 0.0144. The number of nitrogens with one attached hydrogen (secondary N) is 1. The van der Waals surface area contributed by atoms with Crippen molar-refractivity contribution in [2.45, 2.75) is 12.5 Å². The van der Waals surface area contributed by atoms with Crippen LogP contribution in [0.15, 0.2) is 18.2 Å². The molecule has 7 nitrogen and oxygen atoms in total. The Balaban J connectivity index is 2.13. The summed E-state index contributed by atoms with van der Waals surface area (Å²) in [6, 6.07) is 3.31. The highest BCUT2D eigenvalue weighted by molar-refractivity contribution is 6.08. The van der Waals surface area contributed by atoms with Crippen molar-refractivity contribution >= 4 is 17.7 Å². The summed E-state index contributed by atoms with van der Waals surface area (Å²) in [6.07, 6.45) is -0.0714. The molecule has 1 unspecified atom stereocenters. The number of aromatic hydroxyl groups is 1. The summed E-state index contributed by atoms with van der Waals surface area (Å²) < 4.78 is 4.91. The number of phenols is 1. The van der Waals surface area contributed by atoms with E-state index in [4.69, 9.17) is 4.74 Å². The molecular formula is C13H14N2O5. The van der Waals surface area contributed by atoms with Gasteiger partial charge in [0.05, 0.1) is 19.1 Å². The second-order valence-electron chi connectivity index (χ2n) is 4.40. The lowest BCUT2D eigenvalue weighted by Crippen LogP contribution is -2.40. The number of likely N-dealkylation sites (tertiary alicyclic amines) is 1. The van der Waals surface area contributed by atoms with Crippen LogP contribution in [0.1, 0.15) is 16.8 Å². The molecule has 1 aliphatic heterocycles. The van der Waals surface area contributed by atoms with Gasteiger partial charge in [-0.15, -0.1) is 0 Å². The largest absolute Gasteiger partial charge is 0.507 e. The number of nitrogens with zero attached hydrogens (tertiary/aromatic N) is 1. The molecule has 0 aromatic heterocycles. The van der Waals surface area contributed by atoms with Gasteiger partial charge in [0.2, 0.25) is 5.91 Å². The lowest BCUT2D eigenvalue weighted by molar-refractivity contribution is -0.137. The second kappa shape index (κ2) is 5.20. The van der Waals surface area contributed by atoms with Crippen LogP contribution in [0.2, 0.25) is 0 Å². The van der Waals surface area contributed by atoms with Crippen LogP contribution >= 0.6 is 0 Å². The fourth-order valence-corrected chi connectivity index (χ4v) is 1.93. The van der Waals surface area contributed by atoms with Crippen LogP contribution in [0.3, 0.4) is 0 Å². The van der Waals surface area contributed by atoms with Crippen molar-refractivity contribution in [3.63, 3.8) is 0 Å². The van der Waals surface area contributed by atoms with Gasteiger partial charge in [-0.25, -0.2) is 0 Å². The van der Waals surface area contributed by atoms with Crippen LogP contribution in [0.5, 0.6) is 11.5 Å². The van der Waals surface area contributed by atoms with Gasteiger partial charge in [-0.1, -0.05) is 0 Å². The number of carbonyl (C=O) groups is 3. The number of phenolic OH excluding ortho intramolecular Hbond substituents is 1. The summed E-state index contributed by atoms with van der Waals surface area (Å²) in [5.74, 6) is -1.28. The van der Waals surface area contributed by atoms with Crippen LogP contribution in [-0.4, -0.2) is 47.9 Å². The van der Waals surface area contributed by atoms with E-state index in [1.54, 1.807) is 0 Å². The first kappa shape index (κ1) is 13.9. The molecule has 1 aliphatic rings. The molecule has 0 saturated carbocycles. The highest BCUT2D eigenvalue weighted by Crippen LogP contribution is 2.23. The van der Waals surface area contributed by atoms with Gasteiger partial charge in [-0.05, 0) is 12.1 Å². The molecule has 1 saturated heterocycles. The Morgan fingerprint density at radius 3 is 2.65 bits per heavy atom. The van der Waals surface area contributed by atoms with E-state index in [1.165, 1.54) is 32.4 Å². The fraction of sp³-hybridized carbons (Fsp3) is 0.308. The van der Waals surface area contributed by atoms with Crippen LogP contribution in [-0.2, 0) is 9.59 Å². The highest BCUT2D eigenvalue weighted by atomic mass is 16.5. The zero-order chi connectivity index (χ0) is 14.9. The van der Waals surface area contributed by atoms with Crippen LogP contribution in [0.25, 0.3) is 0 Å². The molecule has 1 atom stereocenters. The van der Waals surface area contributed by atoms with Gasteiger partial charge in [-0.2, -0.15) is 0 Å². The standard InChI is InChI=1S/C13H14N2O5/c1-15-11(17)6-9(13(15)19)14-12(18)8-4-3-7(20-2)5-10(8)16/h3-5,9,16H,6H2,1-2H3,(H,14,18). The van der Waals surface area contributed by atoms with Crippen molar-refractivity contribution in [2.75, 3.05) is 14.2 Å². The molecule has 7 heteroatoms. The summed E-state index contributed by atoms with van der Waals surface area (Å²) in [7, 11) is 2.80. The first-order valence-electron chi connectivity index (χ1n) is 5.92. The summed E-state index contributed by atoms with van der Waals surface area (Å²) in [5, 5.41) is 12.2. The topological polar surface area (TPSA) is 95.9 Å². The van der Waals surface area contributed by atoms with Crippen molar-refractivity contribution in [3.05, 3.63) is 23.8 Å². The number of benzene rings is 1. The molecule has 0 spiro atoms. The van der Waals surface area contributed by atoms with E-state index in [9.17, 15) is 19.5 Å². The Morgan fingerprint density at radius 2 is 2.15 bits per heavy atom. The van der Waals surface area contributed by atoms with Gasteiger partial charge in [0.15, 0.2) is 0 Å². The Bertz CT molecular complexity index is 584. The first-order valence-corrected chi connectivity index (χ1v) is 5.92. The maximum absolute atomic E-state index is 12.0. The number of imide groups is 1. The summed E-state index contributed by atoms with van der Waals surface area (Å²) in [5.41, 5.74) is 0.0144. The van der Waals surface area contributed by atoms with E-state index in [2.05, 4.69) is 5.32 Å². The molecule has 1 aromatic carbocycles. The minimum Gasteiger partial charge on any atom is -0.507 e. The SMILES string of the molecule is COc1ccc(C(=O)NC2CC(=O)N(C)C2=O)c(O)c1. The van der Waals surface area contributed by atoms with Gasteiger partial charge in [0.1, 0.15) is 17.5 Å². The number of methoxy groups -OCH3 is 1. The molecule has 2 N–H and O–H groups in total. The molecule has 0 radical (unpaired) electrons. The maximum Gasteiger partial charge on any atom is 0.255 e. The van der Waals surface area contributed by atoms with E-state index in [0.29, 0.717) is 5.75 Å². The molecule has 2 rings (SSSR count). The minimum atomic E-state index is -0.887. The highest BCUT2D eigenvalue weighted by Gasteiger charge is 2.37. The number of rotatable bonds is 3. The van der Waals surface area contributed by atoms with Gasteiger partial charge in [0, 0.05) is 13.1 Å². The summed E-state index contributed by atoms with van der Waals surface area (Å²) in [6.45, 7) is 0. The molecule has 1 fully saturated rings. The number of hydrogen-bond donors (Lipinski definition) is 2. The number of likely N-dealkylation sites (N-methyl/N-ethyl adjacent to an activating group) is 1. The molecule has 1 aromatic rings. The van der Waals surface area contributed by atoms with Crippen LogP contribution in [0.4, 0.5) is 0 Å². The molecule has 3 amide bonds. The van der Waals surface area contributed by atoms with Crippen LogP contribution in [0, 0.1) is 0 Å². The Kier molecular flexibility index (Phi) is 3.60. The van der Waals surface area contributed by atoms with Crippen molar-refractivity contribution in [2.24, 2.45) is 0 Å². The third-order valence-electron chi connectivity index (χ3n) is 3.14. The van der Waals surface area contributed by atoms with Gasteiger partial charge < -0.3 is 15.2 Å². The quantitative estimate of drug-likeness (QED) is 0.752. The predicted molar refractivity (Wildman–Crippen MR) is 68.3 cm³/mol. The van der Waals surface area contributed by atoms with Gasteiger partial charge >= 0.3 is 0 Å². The molecule has 20 heavy (non-hydrogen) atoms. The zero-order valence-electron chi connectivity index (χ0n) is 11.0. The predicted octanol–water partition coefficient (Wildman–Crippen LogP) is -0.112. The monoisotopic (exact) mass is 278 g/mol. The lowest BCUT2D eigenvalue weighted by atomic mass is 10.1. The van der Waals surface area contributed by atoms with Crippen molar-refractivity contribution in [1.82, 2.24) is 10.2 Å². The van der Waals surface area contributed by atoms with E-state index in [-0.39, 0.29) is 23.6 Å². The Labute approximate surface area is 115 Å². The third-order valence-corrected chi connectivity index (χ3v) is 3.14. The Hall–Kier alpha value is -2.57. The zero-order valence-corrected chi connectivity index (χ0v) is 11.0. The van der Waals surface area contributed by atoms with Crippen LogP contribution < -0.4 is 10.1 Å². The average Bonchev–Trinajstić information content (AvgIpc) is 2.66. The summed E-state index contributed by atoms with van der Waals surface area (Å²) in [4.78, 5) is 36.0. The molecule has 0 bridgehead atoms. The van der Waals surface area contributed by atoms with E-state index in [1.807, 2.05) is 0 Å². The second-order valence-corrected chi connectivity index (χ2v) is 4.40. The third kappa shape index (κ3) is 2.42. The molecule has 1 heterocycles. The molecule has 106 valence electrons. The molecule has 0 aliphatic carbocycles. The number of carbonyl (C=O) groups excluding carboxylic acids is 3.